The molecule has 0 aliphatic carbocycles. The smallest absolute Gasteiger partial charge is 0.211 e. The van der Waals surface area contributed by atoms with Gasteiger partial charge in [0.15, 0.2) is 0 Å². The number of unbranched alkanes of at least 4 members (excludes halogenated alkanes) is 15. The minimum absolute atomic E-state index is 1.03. The fourth-order valence-electron chi connectivity index (χ4n) is 8.28. The predicted octanol–water partition coefficient (Wildman–Crippen LogP) is 15.4. The minimum atomic E-state index is 1.03. The normalized spacial score (nSPS) is 13.4. The first-order valence-electron chi connectivity index (χ1n) is 20.9. The highest BCUT2D eigenvalue weighted by molar-refractivity contribution is 5.82. The number of hydrogen-bond acceptors (Lipinski definition) is 0. The van der Waals surface area contributed by atoms with Crippen molar-refractivity contribution in [2.45, 2.75) is 203 Å². The Hall–Kier alpha value is -2.48. The summed E-state index contributed by atoms with van der Waals surface area (Å²) in [5, 5.41) is 0. The number of rotatable bonds is 25. The van der Waals surface area contributed by atoms with Crippen LogP contribution in [0.15, 0.2) is 35.4 Å². The molecule has 1 heterocycles. The summed E-state index contributed by atoms with van der Waals surface area (Å²) in [6.07, 6.45) is 28.9. The predicted molar refractivity (Wildman–Crippen MR) is 216 cm³/mol. The number of benzene rings is 2. The van der Waals surface area contributed by atoms with Crippen molar-refractivity contribution in [3.63, 3.8) is 0 Å². The van der Waals surface area contributed by atoms with Crippen molar-refractivity contribution in [1.29, 1.82) is 0 Å². The molecule has 2 aromatic rings. The summed E-state index contributed by atoms with van der Waals surface area (Å²) in [5.41, 5.74) is 28.1. The Labute approximate surface area is 303 Å². The van der Waals surface area contributed by atoms with Gasteiger partial charge >= 0.3 is 0 Å². The van der Waals surface area contributed by atoms with E-state index in [1.807, 2.05) is 0 Å². The highest BCUT2D eigenvalue weighted by Gasteiger charge is 2.36. The van der Waals surface area contributed by atoms with Crippen molar-refractivity contribution >= 4 is 11.4 Å². The number of aryl methyl sites for hydroxylation is 4. The average molecular weight is 667 g/mol. The molecule has 0 unspecified atom stereocenters. The van der Waals surface area contributed by atoms with Crippen LogP contribution >= 0.6 is 0 Å². The van der Waals surface area contributed by atoms with Gasteiger partial charge in [0, 0.05) is 22.3 Å². The van der Waals surface area contributed by atoms with Gasteiger partial charge < -0.3 is 5.53 Å². The molecule has 0 saturated heterocycles. The summed E-state index contributed by atoms with van der Waals surface area (Å²) < 4.78 is 1.62. The standard InChI is InChI=1S/C47H74N2/c1-9-13-17-20-22-26-28-42-36(5)32-40(33-37(42)6)46-44(30-24-16-12-4)45(31-25-19-15-11-3)47(49(46)48)41-34-38(7)43(39(8)35-41)29-27-23-21-18-14-10-2/h32-35H,9-31H2,1-8H3. The first-order chi connectivity index (χ1) is 23.8. The zero-order chi connectivity index (χ0) is 35.6. The summed E-state index contributed by atoms with van der Waals surface area (Å²) in [6, 6.07) is 9.54. The van der Waals surface area contributed by atoms with Crippen LogP contribution < -0.4 is 0 Å². The third-order valence-electron chi connectivity index (χ3n) is 11.2. The Bertz CT molecular complexity index is 1340. The van der Waals surface area contributed by atoms with Crippen LogP contribution in [-0.2, 0) is 12.8 Å². The van der Waals surface area contributed by atoms with Gasteiger partial charge in [-0.2, -0.15) is 0 Å². The average Bonchev–Trinajstić information content (AvgIpc) is 3.34. The molecule has 1 aliphatic heterocycles. The van der Waals surface area contributed by atoms with Crippen LogP contribution in [0.4, 0.5) is 0 Å². The zero-order valence-corrected chi connectivity index (χ0v) is 33.5. The summed E-state index contributed by atoms with van der Waals surface area (Å²) in [4.78, 5) is 0. The second-order valence-corrected chi connectivity index (χ2v) is 15.4. The maximum absolute atomic E-state index is 12.4. The van der Waals surface area contributed by atoms with Gasteiger partial charge in [-0.15, -0.1) is 0 Å². The zero-order valence-electron chi connectivity index (χ0n) is 33.5. The molecule has 272 valence electrons. The molecule has 0 N–H and O–H groups in total. The first-order valence-corrected chi connectivity index (χ1v) is 20.9. The quantitative estimate of drug-likeness (QED) is 0.0744. The van der Waals surface area contributed by atoms with E-state index in [-0.39, 0.29) is 0 Å². The lowest BCUT2D eigenvalue weighted by atomic mass is 9.88. The van der Waals surface area contributed by atoms with E-state index in [0.717, 1.165) is 43.5 Å². The topological polar surface area (TPSA) is 25.3 Å². The molecule has 3 rings (SSSR count). The Kier molecular flexibility index (Phi) is 18.7. The molecule has 2 nitrogen and oxygen atoms in total. The monoisotopic (exact) mass is 667 g/mol. The van der Waals surface area contributed by atoms with Crippen LogP contribution in [0, 0.1) is 27.7 Å². The maximum Gasteiger partial charge on any atom is 0.211 e. The number of allylic oxidation sites excluding steroid dienone is 2. The second kappa shape index (κ2) is 22.4. The van der Waals surface area contributed by atoms with Crippen LogP contribution in [0.2, 0.25) is 0 Å². The van der Waals surface area contributed by atoms with Crippen molar-refractivity contribution in [3.8, 4) is 0 Å². The third kappa shape index (κ3) is 12.1. The lowest BCUT2D eigenvalue weighted by molar-refractivity contribution is -0.345. The Balaban J connectivity index is 2.00. The summed E-state index contributed by atoms with van der Waals surface area (Å²) in [7, 11) is 0. The van der Waals surface area contributed by atoms with E-state index in [9.17, 15) is 5.53 Å². The molecular formula is C47H74N2. The van der Waals surface area contributed by atoms with Gasteiger partial charge in [-0.3, -0.25) is 0 Å². The van der Waals surface area contributed by atoms with E-state index >= 15 is 0 Å². The summed E-state index contributed by atoms with van der Waals surface area (Å²) >= 11 is 0. The molecule has 0 radical (unpaired) electrons. The molecule has 2 heteroatoms. The molecule has 49 heavy (non-hydrogen) atoms. The summed E-state index contributed by atoms with van der Waals surface area (Å²) in [5.74, 6) is 0. The molecule has 0 aromatic heterocycles. The Morgan fingerprint density at radius 2 is 0.653 bits per heavy atom. The fraction of sp³-hybridized carbons (Fsp3) is 0.660. The van der Waals surface area contributed by atoms with Crippen molar-refractivity contribution < 1.29 is 4.70 Å². The lowest BCUT2D eigenvalue weighted by Crippen LogP contribution is -2.06. The van der Waals surface area contributed by atoms with Gasteiger partial charge in [0.25, 0.3) is 0 Å². The first kappa shape index (κ1) is 40.9. The van der Waals surface area contributed by atoms with Crippen LogP contribution in [0.3, 0.4) is 0 Å². The van der Waals surface area contributed by atoms with Gasteiger partial charge in [-0.05, 0) is 137 Å². The highest BCUT2D eigenvalue weighted by Crippen LogP contribution is 2.45. The van der Waals surface area contributed by atoms with Crippen molar-refractivity contribution in [1.82, 2.24) is 0 Å². The lowest BCUT2D eigenvalue weighted by Gasteiger charge is -2.16. The molecule has 0 saturated carbocycles. The van der Waals surface area contributed by atoms with Gasteiger partial charge in [-0.25, -0.2) is 4.70 Å². The van der Waals surface area contributed by atoms with Gasteiger partial charge in [0.05, 0.1) is 0 Å². The largest absolute Gasteiger partial charge is 0.493 e. The molecule has 0 spiro atoms. The maximum atomic E-state index is 12.4. The van der Waals surface area contributed by atoms with Crippen molar-refractivity contribution in [2.24, 2.45) is 0 Å². The molecule has 1 aliphatic rings. The molecular weight excluding hydrogens is 593 g/mol. The van der Waals surface area contributed by atoms with Crippen LogP contribution in [0.5, 0.6) is 0 Å². The fourth-order valence-corrected chi connectivity index (χ4v) is 8.28. The number of nitrogens with zero attached hydrogens (tertiary/aromatic N) is 2. The minimum Gasteiger partial charge on any atom is -0.493 e. The van der Waals surface area contributed by atoms with Gasteiger partial charge in [0.1, 0.15) is 0 Å². The van der Waals surface area contributed by atoms with E-state index in [4.69, 9.17) is 0 Å². The molecule has 0 bridgehead atoms. The van der Waals surface area contributed by atoms with E-state index in [1.165, 1.54) is 171 Å². The van der Waals surface area contributed by atoms with Crippen molar-refractivity contribution in [3.05, 3.63) is 85.5 Å². The van der Waals surface area contributed by atoms with E-state index in [2.05, 4.69) is 79.7 Å². The molecule has 0 fully saturated rings. The SMILES string of the molecule is CCCCCCCCc1c(C)cc(C2=C(CCCCC)C(CCCCCC)=C(c3cc(C)c(CCCCCCCC)c(C)c3)[N+]2=[N-])cc1C. The van der Waals surface area contributed by atoms with Gasteiger partial charge in [-0.1, -0.05) is 124 Å². The van der Waals surface area contributed by atoms with Crippen LogP contribution in [0.25, 0.3) is 16.9 Å². The second-order valence-electron chi connectivity index (χ2n) is 15.4. The Morgan fingerprint density at radius 1 is 0.388 bits per heavy atom. The van der Waals surface area contributed by atoms with E-state index in [1.54, 1.807) is 4.70 Å². The van der Waals surface area contributed by atoms with Crippen LogP contribution in [-0.4, -0.2) is 4.70 Å². The summed E-state index contributed by atoms with van der Waals surface area (Å²) in [6.45, 7) is 18.4. The van der Waals surface area contributed by atoms with Gasteiger partial charge in [0.2, 0.25) is 11.4 Å². The van der Waals surface area contributed by atoms with Crippen molar-refractivity contribution in [2.75, 3.05) is 0 Å². The Morgan fingerprint density at radius 3 is 1.02 bits per heavy atom. The molecule has 2 aromatic carbocycles. The molecule has 0 atom stereocenters. The van der Waals surface area contributed by atoms with Crippen LogP contribution in [0.1, 0.15) is 207 Å². The number of hydrogen-bond donors (Lipinski definition) is 0. The third-order valence-corrected chi connectivity index (χ3v) is 11.2. The highest BCUT2D eigenvalue weighted by atomic mass is 15.2. The van der Waals surface area contributed by atoms with E-state index in [0.29, 0.717) is 0 Å². The van der Waals surface area contributed by atoms with E-state index < -0.39 is 0 Å². The molecule has 0 amide bonds.